The number of nitrogens with zero attached hydrogens (tertiary/aromatic N) is 2. The van der Waals surface area contributed by atoms with E-state index in [0.717, 1.165) is 16.7 Å². The van der Waals surface area contributed by atoms with E-state index in [9.17, 15) is 9.59 Å². The van der Waals surface area contributed by atoms with E-state index in [4.69, 9.17) is 21.3 Å². The Morgan fingerprint density at radius 3 is 2.73 bits per heavy atom. The summed E-state index contributed by atoms with van der Waals surface area (Å²) in [7, 11) is 1.52. The van der Waals surface area contributed by atoms with Crippen LogP contribution >= 0.6 is 34.7 Å². The van der Waals surface area contributed by atoms with Gasteiger partial charge in [-0.15, -0.1) is 11.3 Å². The number of carbonyl (C=O) groups excluding carboxylic acids is 1. The summed E-state index contributed by atoms with van der Waals surface area (Å²) in [5.74, 6) is 0.346. The summed E-state index contributed by atoms with van der Waals surface area (Å²) in [6, 6.07) is 13.3. The molecule has 0 unspecified atom stereocenters. The molecule has 4 rings (SSSR count). The van der Waals surface area contributed by atoms with Crippen LogP contribution in [-0.4, -0.2) is 28.3 Å². The summed E-state index contributed by atoms with van der Waals surface area (Å²) < 4.78 is 7.56. The summed E-state index contributed by atoms with van der Waals surface area (Å²) in [6.45, 7) is 4.22. The number of amides is 1. The molecule has 2 aromatic carbocycles. The second-order valence-corrected chi connectivity index (χ2v) is 9.50. The molecule has 0 aliphatic rings. The first-order chi connectivity index (χ1) is 15.9. The third-order valence-electron chi connectivity index (χ3n) is 5.13. The first-order valence-electron chi connectivity index (χ1n) is 10.3. The molecule has 4 aromatic rings. The van der Waals surface area contributed by atoms with Crippen LogP contribution in [0.4, 0.5) is 5.69 Å². The fraction of sp³-hybridized carbons (Fsp3) is 0.208. The SMILES string of the molecule is CCn1c(SCC(=O)Nc2cc(C)c(Cl)cc2OC)nc2c(-c3ccccc3)csc2c1=O. The number of nitrogens with one attached hydrogen (secondary N) is 1. The minimum Gasteiger partial charge on any atom is -0.495 e. The molecular formula is C24H22ClN3O3S2. The van der Waals surface area contributed by atoms with Crippen molar-refractivity contribution in [2.75, 3.05) is 18.2 Å². The van der Waals surface area contributed by atoms with Gasteiger partial charge in [-0.3, -0.25) is 14.2 Å². The number of aryl methyl sites for hydroxylation is 1. The van der Waals surface area contributed by atoms with Crippen LogP contribution in [0.15, 0.2) is 57.8 Å². The molecule has 6 nitrogen and oxygen atoms in total. The van der Waals surface area contributed by atoms with Crippen molar-refractivity contribution in [2.45, 2.75) is 25.5 Å². The molecule has 33 heavy (non-hydrogen) atoms. The Balaban J connectivity index is 1.61. The Morgan fingerprint density at radius 2 is 2.03 bits per heavy atom. The summed E-state index contributed by atoms with van der Waals surface area (Å²) >= 11 is 8.78. The van der Waals surface area contributed by atoms with Crippen LogP contribution < -0.4 is 15.6 Å². The standard InChI is InChI=1S/C24H22ClN3O3S2/c1-4-28-23(30)22-21(16(12-32-22)15-8-6-5-7-9-15)27-24(28)33-13-20(29)26-18-10-14(2)17(25)11-19(18)31-3/h5-12H,4,13H2,1-3H3,(H,26,29). The van der Waals surface area contributed by atoms with Crippen LogP contribution in [0.25, 0.3) is 21.3 Å². The number of rotatable bonds is 7. The van der Waals surface area contributed by atoms with Gasteiger partial charge >= 0.3 is 0 Å². The zero-order chi connectivity index (χ0) is 23.5. The van der Waals surface area contributed by atoms with Crippen molar-refractivity contribution in [3.05, 3.63) is 68.8 Å². The molecular weight excluding hydrogens is 478 g/mol. The highest BCUT2D eigenvalue weighted by Crippen LogP contribution is 2.33. The summed E-state index contributed by atoms with van der Waals surface area (Å²) in [6.07, 6.45) is 0. The van der Waals surface area contributed by atoms with Crippen LogP contribution in [0.3, 0.4) is 0 Å². The van der Waals surface area contributed by atoms with Crippen molar-refractivity contribution >= 4 is 56.5 Å². The van der Waals surface area contributed by atoms with Crippen molar-refractivity contribution in [2.24, 2.45) is 0 Å². The van der Waals surface area contributed by atoms with Crippen molar-refractivity contribution in [3.63, 3.8) is 0 Å². The first kappa shape index (κ1) is 23.4. The van der Waals surface area contributed by atoms with Gasteiger partial charge in [0.15, 0.2) is 5.16 Å². The Morgan fingerprint density at radius 1 is 1.27 bits per heavy atom. The molecule has 1 N–H and O–H groups in total. The maximum Gasteiger partial charge on any atom is 0.272 e. The van der Waals surface area contributed by atoms with Gasteiger partial charge in [-0.05, 0) is 31.0 Å². The second-order valence-electron chi connectivity index (χ2n) is 7.28. The zero-order valence-electron chi connectivity index (χ0n) is 18.3. The zero-order valence-corrected chi connectivity index (χ0v) is 20.7. The minimum absolute atomic E-state index is 0.0902. The highest BCUT2D eigenvalue weighted by molar-refractivity contribution is 7.99. The molecule has 9 heteroatoms. The van der Waals surface area contributed by atoms with Gasteiger partial charge in [0.05, 0.1) is 24.1 Å². The van der Waals surface area contributed by atoms with E-state index in [1.54, 1.807) is 16.7 Å². The average molecular weight is 500 g/mol. The number of carbonyl (C=O) groups is 1. The Bertz CT molecular complexity index is 1380. The summed E-state index contributed by atoms with van der Waals surface area (Å²) in [5, 5.41) is 5.91. The lowest BCUT2D eigenvalue weighted by Crippen LogP contribution is -2.23. The van der Waals surface area contributed by atoms with E-state index < -0.39 is 0 Å². The van der Waals surface area contributed by atoms with Crippen LogP contribution in [-0.2, 0) is 11.3 Å². The monoisotopic (exact) mass is 499 g/mol. The van der Waals surface area contributed by atoms with Crippen LogP contribution in [0.1, 0.15) is 12.5 Å². The summed E-state index contributed by atoms with van der Waals surface area (Å²) in [5.41, 5.74) is 3.88. The molecule has 0 aliphatic carbocycles. The Hall–Kier alpha value is -2.81. The quantitative estimate of drug-likeness (QED) is 0.255. The van der Waals surface area contributed by atoms with E-state index >= 15 is 0 Å². The molecule has 0 saturated heterocycles. The maximum atomic E-state index is 13.1. The van der Waals surface area contributed by atoms with Crippen molar-refractivity contribution in [3.8, 4) is 16.9 Å². The Kier molecular flexibility index (Phi) is 7.07. The second kappa shape index (κ2) is 9.99. The number of thiophene rings is 1. The third kappa shape index (κ3) is 4.78. The molecule has 0 spiro atoms. The molecule has 0 bridgehead atoms. The van der Waals surface area contributed by atoms with Crippen molar-refractivity contribution in [1.82, 2.24) is 9.55 Å². The number of aromatic nitrogens is 2. The van der Waals surface area contributed by atoms with Gasteiger partial charge in [-0.25, -0.2) is 4.98 Å². The molecule has 1 amide bonds. The number of thioether (sulfide) groups is 1. The highest BCUT2D eigenvalue weighted by atomic mass is 35.5. The smallest absolute Gasteiger partial charge is 0.272 e. The molecule has 2 heterocycles. The number of halogens is 1. The van der Waals surface area contributed by atoms with Crippen molar-refractivity contribution < 1.29 is 9.53 Å². The van der Waals surface area contributed by atoms with E-state index in [1.807, 2.05) is 49.6 Å². The fourth-order valence-electron chi connectivity index (χ4n) is 3.44. The van der Waals surface area contributed by atoms with E-state index in [-0.39, 0.29) is 17.2 Å². The lowest BCUT2D eigenvalue weighted by Gasteiger charge is -2.13. The van der Waals surface area contributed by atoms with Gasteiger partial charge in [-0.2, -0.15) is 0 Å². The molecule has 0 aliphatic heterocycles. The van der Waals surface area contributed by atoms with E-state index in [2.05, 4.69) is 5.32 Å². The number of hydrogen-bond donors (Lipinski definition) is 1. The number of ether oxygens (including phenoxy) is 1. The van der Waals surface area contributed by atoms with Gasteiger partial charge in [-0.1, -0.05) is 53.7 Å². The molecule has 0 fully saturated rings. The van der Waals surface area contributed by atoms with E-state index in [0.29, 0.717) is 38.4 Å². The minimum atomic E-state index is -0.231. The molecule has 170 valence electrons. The van der Waals surface area contributed by atoms with Gasteiger partial charge in [0.2, 0.25) is 5.91 Å². The lowest BCUT2D eigenvalue weighted by molar-refractivity contribution is -0.113. The van der Waals surface area contributed by atoms with Crippen LogP contribution in [0.2, 0.25) is 5.02 Å². The molecule has 2 aromatic heterocycles. The topological polar surface area (TPSA) is 73.2 Å². The van der Waals surface area contributed by atoms with Crippen LogP contribution in [0.5, 0.6) is 5.75 Å². The molecule has 0 radical (unpaired) electrons. The number of benzene rings is 2. The van der Waals surface area contributed by atoms with Gasteiger partial charge in [0.1, 0.15) is 10.4 Å². The fourth-order valence-corrected chi connectivity index (χ4v) is 5.41. The number of methoxy groups -OCH3 is 1. The number of anilines is 1. The van der Waals surface area contributed by atoms with Gasteiger partial charge < -0.3 is 10.1 Å². The van der Waals surface area contributed by atoms with E-state index in [1.165, 1.54) is 30.2 Å². The van der Waals surface area contributed by atoms with Crippen LogP contribution in [0, 0.1) is 6.92 Å². The van der Waals surface area contributed by atoms with Gasteiger partial charge in [0, 0.05) is 28.6 Å². The largest absolute Gasteiger partial charge is 0.495 e. The number of fused-ring (bicyclic) bond motifs is 1. The predicted molar refractivity (Wildman–Crippen MR) is 137 cm³/mol. The lowest BCUT2D eigenvalue weighted by atomic mass is 10.1. The normalized spacial score (nSPS) is 11.0. The maximum absolute atomic E-state index is 13.1. The Labute approximate surface area is 204 Å². The third-order valence-corrected chi connectivity index (χ3v) is 7.47. The highest BCUT2D eigenvalue weighted by Gasteiger charge is 2.18. The number of hydrogen-bond acceptors (Lipinski definition) is 6. The molecule has 0 saturated carbocycles. The molecule has 0 atom stereocenters. The van der Waals surface area contributed by atoms with Crippen molar-refractivity contribution in [1.29, 1.82) is 0 Å². The first-order valence-corrected chi connectivity index (χ1v) is 12.5. The average Bonchev–Trinajstić information content (AvgIpc) is 3.25. The summed E-state index contributed by atoms with van der Waals surface area (Å²) in [4.78, 5) is 30.6. The van der Waals surface area contributed by atoms with Gasteiger partial charge in [0.25, 0.3) is 5.56 Å². The predicted octanol–water partition coefficient (Wildman–Crippen LogP) is 5.85.